The van der Waals surface area contributed by atoms with E-state index in [9.17, 15) is 0 Å². The summed E-state index contributed by atoms with van der Waals surface area (Å²) in [4.78, 5) is 4.62. The maximum Gasteiger partial charge on any atom is 0.0816 e. The van der Waals surface area contributed by atoms with Crippen LogP contribution in [0.2, 0.25) is 0 Å². The second kappa shape index (κ2) is 3.44. The third kappa shape index (κ3) is 1.98. The lowest BCUT2D eigenvalue weighted by Gasteiger charge is -2.06. The Morgan fingerprint density at radius 3 is 2.82 bits per heavy atom. The Balaban J connectivity index is 2.85. The molecule has 0 radical (unpaired) electrons. The van der Waals surface area contributed by atoms with Crippen LogP contribution in [0, 0.1) is 0 Å². The molecule has 0 aliphatic rings. The molecule has 0 saturated carbocycles. The van der Waals surface area contributed by atoms with Gasteiger partial charge in [-0.2, -0.15) is 0 Å². The van der Waals surface area contributed by atoms with Gasteiger partial charge in [0.2, 0.25) is 0 Å². The standard InChI is InChI=1S/C8H10N2S/c1-6(8(9)11)7-4-2-3-5-10-7/h2-6H,1H3,(H2,9,11)/t6-/m0/s1. The third-order valence-electron chi connectivity index (χ3n) is 1.56. The van der Waals surface area contributed by atoms with Gasteiger partial charge in [0.15, 0.2) is 0 Å². The number of nitrogens with two attached hydrogens (primary N) is 1. The van der Waals surface area contributed by atoms with E-state index in [1.165, 1.54) is 0 Å². The highest BCUT2D eigenvalue weighted by Crippen LogP contribution is 2.10. The summed E-state index contributed by atoms with van der Waals surface area (Å²) in [6.07, 6.45) is 1.74. The van der Waals surface area contributed by atoms with Crippen LogP contribution in [0.1, 0.15) is 18.5 Å². The van der Waals surface area contributed by atoms with E-state index in [-0.39, 0.29) is 5.92 Å². The summed E-state index contributed by atoms with van der Waals surface area (Å²) in [5, 5.41) is 0. The fraction of sp³-hybridized carbons (Fsp3) is 0.250. The van der Waals surface area contributed by atoms with E-state index >= 15 is 0 Å². The molecule has 1 atom stereocenters. The zero-order valence-corrected chi connectivity index (χ0v) is 7.14. The van der Waals surface area contributed by atoms with Gasteiger partial charge in [0, 0.05) is 17.8 Å². The maximum atomic E-state index is 5.46. The van der Waals surface area contributed by atoms with Gasteiger partial charge in [0.25, 0.3) is 0 Å². The summed E-state index contributed by atoms with van der Waals surface area (Å²) >= 11 is 4.84. The highest BCUT2D eigenvalue weighted by atomic mass is 32.1. The van der Waals surface area contributed by atoms with Crippen molar-refractivity contribution in [3.8, 4) is 0 Å². The average molecular weight is 166 g/mol. The van der Waals surface area contributed by atoms with E-state index in [4.69, 9.17) is 18.0 Å². The molecule has 0 aliphatic heterocycles. The molecule has 1 rings (SSSR count). The second-order valence-corrected chi connectivity index (χ2v) is 2.85. The number of hydrogen-bond donors (Lipinski definition) is 1. The zero-order valence-electron chi connectivity index (χ0n) is 6.32. The molecule has 11 heavy (non-hydrogen) atoms. The van der Waals surface area contributed by atoms with Crippen molar-refractivity contribution in [3.05, 3.63) is 30.1 Å². The monoisotopic (exact) mass is 166 g/mol. The van der Waals surface area contributed by atoms with Crippen LogP contribution in [0.5, 0.6) is 0 Å². The topological polar surface area (TPSA) is 38.9 Å². The molecule has 2 nitrogen and oxygen atoms in total. The SMILES string of the molecule is C[C@H](C(N)=S)c1ccccn1. The van der Waals surface area contributed by atoms with Gasteiger partial charge < -0.3 is 5.73 Å². The zero-order chi connectivity index (χ0) is 8.27. The molecule has 0 fully saturated rings. The van der Waals surface area contributed by atoms with Gasteiger partial charge in [0.1, 0.15) is 0 Å². The van der Waals surface area contributed by atoms with E-state index in [1.807, 2.05) is 25.1 Å². The van der Waals surface area contributed by atoms with Gasteiger partial charge in [-0.25, -0.2) is 0 Å². The highest BCUT2D eigenvalue weighted by Gasteiger charge is 2.07. The number of pyridine rings is 1. The van der Waals surface area contributed by atoms with Gasteiger partial charge in [-0.3, -0.25) is 4.98 Å². The number of thiocarbonyl (C=S) groups is 1. The Morgan fingerprint density at radius 2 is 2.36 bits per heavy atom. The Kier molecular flexibility index (Phi) is 2.54. The smallest absolute Gasteiger partial charge is 0.0816 e. The number of hydrogen-bond acceptors (Lipinski definition) is 2. The van der Waals surface area contributed by atoms with E-state index in [0.717, 1.165) is 5.69 Å². The second-order valence-electron chi connectivity index (χ2n) is 2.38. The first-order chi connectivity index (χ1) is 5.22. The first-order valence-electron chi connectivity index (χ1n) is 3.42. The fourth-order valence-electron chi connectivity index (χ4n) is 0.778. The first kappa shape index (κ1) is 8.14. The van der Waals surface area contributed by atoms with Crippen molar-refractivity contribution in [2.75, 3.05) is 0 Å². The first-order valence-corrected chi connectivity index (χ1v) is 3.83. The molecule has 0 aliphatic carbocycles. The molecular formula is C8H10N2S. The summed E-state index contributed by atoms with van der Waals surface area (Å²) in [7, 11) is 0. The Labute approximate surface area is 71.4 Å². The van der Waals surface area contributed by atoms with Crippen LogP contribution >= 0.6 is 12.2 Å². The highest BCUT2D eigenvalue weighted by molar-refractivity contribution is 7.80. The molecule has 0 aromatic carbocycles. The van der Waals surface area contributed by atoms with Crippen molar-refractivity contribution in [1.82, 2.24) is 4.98 Å². The van der Waals surface area contributed by atoms with Crippen molar-refractivity contribution < 1.29 is 0 Å². The molecule has 0 unspecified atom stereocenters. The van der Waals surface area contributed by atoms with Crippen molar-refractivity contribution in [2.45, 2.75) is 12.8 Å². The average Bonchev–Trinajstić information content (AvgIpc) is 2.05. The van der Waals surface area contributed by atoms with Gasteiger partial charge in [-0.05, 0) is 12.1 Å². The minimum Gasteiger partial charge on any atom is -0.393 e. The molecule has 3 heteroatoms. The van der Waals surface area contributed by atoms with Crippen LogP contribution in [0.25, 0.3) is 0 Å². The Bertz CT molecular complexity index is 246. The fourth-order valence-corrected chi connectivity index (χ4v) is 0.899. The van der Waals surface area contributed by atoms with Gasteiger partial charge in [0.05, 0.1) is 4.99 Å². The van der Waals surface area contributed by atoms with Crippen LogP contribution in [-0.4, -0.2) is 9.97 Å². The van der Waals surface area contributed by atoms with Crippen LogP contribution in [0.3, 0.4) is 0 Å². The molecule has 1 heterocycles. The molecule has 58 valence electrons. The predicted octanol–water partition coefficient (Wildman–Crippen LogP) is 1.47. The molecular weight excluding hydrogens is 156 g/mol. The number of rotatable bonds is 2. The molecule has 0 spiro atoms. The molecule has 1 aromatic heterocycles. The molecule has 0 amide bonds. The van der Waals surface area contributed by atoms with Crippen LogP contribution in [0.15, 0.2) is 24.4 Å². The normalized spacial score (nSPS) is 12.5. The van der Waals surface area contributed by atoms with Gasteiger partial charge in [-0.15, -0.1) is 0 Å². The van der Waals surface area contributed by atoms with Crippen molar-refractivity contribution in [1.29, 1.82) is 0 Å². The van der Waals surface area contributed by atoms with Crippen molar-refractivity contribution >= 4 is 17.2 Å². The Morgan fingerprint density at radius 1 is 1.64 bits per heavy atom. The molecule has 2 N–H and O–H groups in total. The lowest BCUT2D eigenvalue weighted by Crippen LogP contribution is -2.17. The van der Waals surface area contributed by atoms with Gasteiger partial charge >= 0.3 is 0 Å². The van der Waals surface area contributed by atoms with E-state index in [0.29, 0.717) is 4.99 Å². The number of nitrogens with zero attached hydrogens (tertiary/aromatic N) is 1. The Hall–Kier alpha value is -0.960. The van der Waals surface area contributed by atoms with Crippen molar-refractivity contribution in [2.24, 2.45) is 5.73 Å². The predicted molar refractivity (Wildman–Crippen MR) is 49.4 cm³/mol. The summed E-state index contributed by atoms with van der Waals surface area (Å²) in [6.45, 7) is 1.95. The number of aromatic nitrogens is 1. The lowest BCUT2D eigenvalue weighted by molar-refractivity contribution is 0.954. The largest absolute Gasteiger partial charge is 0.393 e. The maximum absolute atomic E-state index is 5.46. The molecule has 1 aromatic rings. The quantitative estimate of drug-likeness (QED) is 0.676. The minimum atomic E-state index is 0.0752. The van der Waals surface area contributed by atoms with Crippen LogP contribution < -0.4 is 5.73 Å². The molecule has 0 bridgehead atoms. The third-order valence-corrected chi connectivity index (χ3v) is 1.91. The lowest BCUT2D eigenvalue weighted by atomic mass is 10.1. The summed E-state index contributed by atoms with van der Waals surface area (Å²) in [6, 6.07) is 5.72. The van der Waals surface area contributed by atoms with Crippen molar-refractivity contribution in [3.63, 3.8) is 0 Å². The van der Waals surface area contributed by atoms with E-state index < -0.39 is 0 Å². The van der Waals surface area contributed by atoms with Crippen LogP contribution in [0.4, 0.5) is 0 Å². The molecule has 0 saturated heterocycles. The van der Waals surface area contributed by atoms with E-state index in [1.54, 1.807) is 6.20 Å². The van der Waals surface area contributed by atoms with Gasteiger partial charge in [-0.1, -0.05) is 25.2 Å². The van der Waals surface area contributed by atoms with Crippen LogP contribution in [-0.2, 0) is 0 Å². The summed E-state index contributed by atoms with van der Waals surface area (Å²) in [5.41, 5.74) is 6.39. The summed E-state index contributed by atoms with van der Waals surface area (Å²) < 4.78 is 0. The minimum absolute atomic E-state index is 0.0752. The summed E-state index contributed by atoms with van der Waals surface area (Å²) in [5.74, 6) is 0.0752. The van der Waals surface area contributed by atoms with E-state index in [2.05, 4.69) is 4.98 Å².